The van der Waals surface area contributed by atoms with E-state index in [1.54, 1.807) is 0 Å². The number of benzene rings is 1. The van der Waals surface area contributed by atoms with Gasteiger partial charge in [0.2, 0.25) is 0 Å². The van der Waals surface area contributed by atoms with Crippen LogP contribution in [0.1, 0.15) is 41.5 Å². The normalized spacial score (nSPS) is 19.6. The molecular weight excluding hydrogens is 232 g/mol. The Morgan fingerprint density at radius 1 is 1.16 bits per heavy atom. The van der Waals surface area contributed by atoms with Crippen molar-refractivity contribution in [1.82, 2.24) is 10.6 Å². The second-order valence-corrected chi connectivity index (χ2v) is 5.89. The molecule has 0 spiro atoms. The Kier molecular flexibility index (Phi) is 5.41. The second-order valence-electron chi connectivity index (χ2n) is 5.89. The molecule has 0 saturated carbocycles. The SMILES string of the molecule is Cc1ccc(CCNCC2CCCCN2)c(C)c1C. The van der Waals surface area contributed by atoms with Gasteiger partial charge in [-0.05, 0) is 75.4 Å². The average molecular weight is 260 g/mol. The van der Waals surface area contributed by atoms with Crippen LogP contribution in [0, 0.1) is 20.8 Å². The molecule has 0 bridgehead atoms. The number of hydrogen-bond donors (Lipinski definition) is 2. The fourth-order valence-electron chi connectivity index (χ4n) is 2.88. The molecular formula is C17H28N2. The fraction of sp³-hybridized carbons (Fsp3) is 0.647. The van der Waals surface area contributed by atoms with Crippen LogP contribution in [0.2, 0.25) is 0 Å². The van der Waals surface area contributed by atoms with Gasteiger partial charge in [-0.1, -0.05) is 18.6 Å². The number of aryl methyl sites for hydroxylation is 1. The van der Waals surface area contributed by atoms with E-state index in [1.165, 1.54) is 48.1 Å². The van der Waals surface area contributed by atoms with E-state index in [2.05, 4.69) is 43.5 Å². The highest BCUT2D eigenvalue weighted by atomic mass is 15.0. The molecule has 2 heteroatoms. The summed E-state index contributed by atoms with van der Waals surface area (Å²) in [6.07, 6.45) is 5.20. The van der Waals surface area contributed by atoms with Crippen LogP contribution in [0.5, 0.6) is 0 Å². The van der Waals surface area contributed by atoms with E-state index >= 15 is 0 Å². The molecule has 1 saturated heterocycles. The van der Waals surface area contributed by atoms with E-state index in [-0.39, 0.29) is 0 Å². The Morgan fingerprint density at radius 3 is 2.74 bits per heavy atom. The molecule has 1 aliphatic heterocycles. The fourth-order valence-corrected chi connectivity index (χ4v) is 2.88. The maximum Gasteiger partial charge on any atom is 0.0192 e. The highest BCUT2D eigenvalue weighted by Crippen LogP contribution is 2.17. The molecule has 0 radical (unpaired) electrons. The summed E-state index contributed by atoms with van der Waals surface area (Å²) in [4.78, 5) is 0. The zero-order valence-electron chi connectivity index (χ0n) is 12.7. The van der Waals surface area contributed by atoms with E-state index < -0.39 is 0 Å². The molecule has 1 fully saturated rings. The summed E-state index contributed by atoms with van der Waals surface area (Å²) in [5.41, 5.74) is 5.82. The van der Waals surface area contributed by atoms with Gasteiger partial charge in [-0.15, -0.1) is 0 Å². The van der Waals surface area contributed by atoms with Crippen LogP contribution < -0.4 is 10.6 Å². The van der Waals surface area contributed by atoms with Crippen LogP contribution in [0.25, 0.3) is 0 Å². The van der Waals surface area contributed by atoms with Crippen molar-refractivity contribution in [3.05, 3.63) is 34.4 Å². The number of hydrogen-bond acceptors (Lipinski definition) is 2. The molecule has 1 heterocycles. The number of rotatable bonds is 5. The van der Waals surface area contributed by atoms with Gasteiger partial charge in [-0.2, -0.15) is 0 Å². The van der Waals surface area contributed by atoms with Crippen LogP contribution >= 0.6 is 0 Å². The van der Waals surface area contributed by atoms with Gasteiger partial charge in [0.05, 0.1) is 0 Å². The van der Waals surface area contributed by atoms with Crippen molar-refractivity contribution >= 4 is 0 Å². The molecule has 2 nitrogen and oxygen atoms in total. The predicted octanol–water partition coefficient (Wildman–Crippen LogP) is 2.89. The lowest BCUT2D eigenvalue weighted by molar-refractivity contribution is 0.384. The zero-order chi connectivity index (χ0) is 13.7. The van der Waals surface area contributed by atoms with Crippen molar-refractivity contribution < 1.29 is 0 Å². The van der Waals surface area contributed by atoms with Crippen molar-refractivity contribution in [2.45, 2.75) is 52.5 Å². The topological polar surface area (TPSA) is 24.1 Å². The molecule has 19 heavy (non-hydrogen) atoms. The Morgan fingerprint density at radius 2 is 2.00 bits per heavy atom. The highest BCUT2D eigenvalue weighted by molar-refractivity contribution is 5.38. The van der Waals surface area contributed by atoms with Crippen molar-refractivity contribution in [3.8, 4) is 0 Å². The summed E-state index contributed by atoms with van der Waals surface area (Å²) in [6, 6.07) is 5.23. The third-order valence-electron chi connectivity index (χ3n) is 4.54. The van der Waals surface area contributed by atoms with Gasteiger partial charge in [0.25, 0.3) is 0 Å². The van der Waals surface area contributed by atoms with Crippen molar-refractivity contribution in [2.24, 2.45) is 0 Å². The minimum absolute atomic E-state index is 0.689. The summed E-state index contributed by atoms with van der Waals surface area (Å²) < 4.78 is 0. The molecule has 1 aliphatic rings. The molecule has 0 aliphatic carbocycles. The summed E-state index contributed by atoms with van der Waals surface area (Å²) in [5.74, 6) is 0. The standard InChI is InChI=1S/C17H28N2/c1-13-7-8-16(15(3)14(13)2)9-11-18-12-17-6-4-5-10-19-17/h7-8,17-19H,4-6,9-12H2,1-3H3. The van der Waals surface area contributed by atoms with Crippen molar-refractivity contribution in [3.63, 3.8) is 0 Å². The third-order valence-corrected chi connectivity index (χ3v) is 4.54. The molecule has 0 amide bonds. The van der Waals surface area contributed by atoms with Gasteiger partial charge in [0, 0.05) is 12.6 Å². The maximum atomic E-state index is 3.60. The molecule has 1 atom stereocenters. The van der Waals surface area contributed by atoms with E-state index in [1.807, 2.05) is 0 Å². The van der Waals surface area contributed by atoms with Crippen LogP contribution in [0.4, 0.5) is 0 Å². The predicted molar refractivity (Wildman–Crippen MR) is 82.9 cm³/mol. The Bertz CT molecular complexity index is 406. The first-order chi connectivity index (χ1) is 9.18. The molecule has 1 aromatic carbocycles. The molecule has 1 unspecified atom stereocenters. The summed E-state index contributed by atoms with van der Waals surface area (Å²) in [6.45, 7) is 10.1. The van der Waals surface area contributed by atoms with Gasteiger partial charge in [-0.25, -0.2) is 0 Å². The Hall–Kier alpha value is -0.860. The van der Waals surface area contributed by atoms with Gasteiger partial charge in [0.15, 0.2) is 0 Å². The first-order valence-electron chi connectivity index (χ1n) is 7.68. The summed E-state index contributed by atoms with van der Waals surface area (Å²) in [5, 5.41) is 7.19. The molecule has 1 aromatic rings. The van der Waals surface area contributed by atoms with E-state index in [4.69, 9.17) is 0 Å². The quantitative estimate of drug-likeness (QED) is 0.796. The van der Waals surface area contributed by atoms with Crippen LogP contribution in [-0.2, 0) is 6.42 Å². The molecule has 0 aromatic heterocycles. The average Bonchev–Trinajstić information content (AvgIpc) is 2.44. The van der Waals surface area contributed by atoms with Crippen molar-refractivity contribution in [1.29, 1.82) is 0 Å². The van der Waals surface area contributed by atoms with Crippen molar-refractivity contribution in [2.75, 3.05) is 19.6 Å². The molecule has 2 N–H and O–H groups in total. The van der Waals surface area contributed by atoms with Gasteiger partial charge < -0.3 is 10.6 Å². The number of nitrogens with one attached hydrogen (secondary N) is 2. The van der Waals surface area contributed by atoms with Crippen LogP contribution in [-0.4, -0.2) is 25.7 Å². The Labute approximate surface area is 118 Å². The summed E-state index contributed by atoms with van der Waals surface area (Å²) >= 11 is 0. The summed E-state index contributed by atoms with van der Waals surface area (Å²) in [7, 11) is 0. The van der Waals surface area contributed by atoms with Crippen LogP contribution in [0.3, 0.4) is 0 Å². The minimum atomic E-state index is 0.689. The van der Waals surface area contributed by atoms with E-state index in [0.29, 0.717) is 6.04 Å². The lowest BCUT2D eigenvalue weighted by atomic mass is 9.97. The number of piperidine rings is 1. The van der Waals surface area contributed by atoms with E-state index in [9.17, 15) is 0 Å². The highest BCUT2D eigenvalue weighted by Gasteiger charge is 2.11. The first-order valence-corrected chi connectivity index (χ1v) is 7.68. The van der Waals surface area contributed by atoms with E-state index in [0.717, 1.165) is 19.5 Å². The maximum absolute atomic E-state index is 3.60. The second kappa shape index (κ2) is 7.06. The van der Waals surface area contributed by atoms with Gasteiger partial charge >= 0.3 is 0 Å². The smallest absolute Gasteiger partial charge is 0.0192 e. The van der Waals surface area contributed by atoms with Crippen LogP contribution in [0.15, 0.2) is 12.1 Å². The first kappa shape index (κ1) is 14.5. The monoisotopic (exact) mass is 260 g/mol. The minimum Gasteiger partial charge on any atom is -0.315 e. The molecule has 106 valence electrons. The zero-order valence-corrected chi connectivity index (χ0v) is 12.7. The lowest BCUT2D eigenvalue weighted by Gasteiger charge is -2.23. The molecule has 2 rings (SSSR count). The van der Waals surface area contributed by atoms with Gasteiger partial charge in [0.1, 0.15) is 0 Å². The van der Waals surface area contributed by atoms with Gasteiger partial charge in [-0.3, -0.25) is 0 Å². The third kappa shape index (κ3) is 4.05. The lowest BCUT2D eigenvalue weighted by Crippen LogP contribution is -2.42. The Balaban J connectivity index is 1.75. The largest absolute Gasteiger partial charge is 0.315 e.